The third kappa shape index (κ3) is 4.65. The molecule has 1 atom stereocenters. The molecule has 36 heavy (non-hydrogen) atoms. The first-order chi connectivity index (χ1) is 17.1. The summed E-state index contributed by atoms with van der Waals surface area (Å²) in [7, 11) is -2.68. The van der Waals surface area contributed by atoms with Crippen LogP contribution in [0.5, 0.6) is 0 Å². The normalized spacial score (nSPS) is 13.2. The summed E-state index contributed by atoms with van der Waals surface area (Å²) in [5.41, 5.74) is 0.995. The fraction of sp³-hybridized carbons (Fsp3) is 0.310. The van der Waals surface area contributed by atoms with Crippen molar-refractivity contribution >= 4 is 41.1 Å². The Hall–Kier alpha value is -2.80. The van der Waals surface area contributed by atoms with Crippen molar-refractivity contribution in [1.29, 1.82) is 0 Å². The molecule has 4 rings (SSSR count). The number of pyridine rings is 2. The molecule has 0 saturated heterocycles. The molecular weight excluding hydrogens is 491 g/mol. The van der Waals surface area contributed by atoms with Crippen molar-refractivity contribution in [3.8, 4) is 0 Å². The zero-order valence-corrected chi connectivity index (χ0v) is 23.1. The van der Waals surface area contributed by atoms with E-state index >= 15 is 4.39 Å². The first-order valence-electron chi connectivity index (χ1n) is 12.2. The van der Waals surface area contributed by atoms with Crippen LogP contribution in [0.2, 0.25) is 10.2 Å². The Balaban J connectivity index is 1.73. The van der Waals surface area contributed by atoms with Crippen LogP contribution in [0.4, 0.5) is 4.39 Å². The molecule has 0 aliphatic carbocycles. The van der Waals surface area contributed by atoms with E-state index in [2.05, 4.69) is 79.3 Å². The molecule has 0 aliphatic rings. The van der Waals surface area contributed by atoms with E-state index in [0.29, 0.717) is 18.7 Å². The number of nitrogens with zero attached hydrogens (tertiary/aromatic N) is 1. The maximum absolute atomic E-state index is 15.1. The molecule has 4 aromatic rings. The number of fused-ring (bicyclic) bond motifs is 1. The van der Waals surface area contributed by atoms with E-state index in [0.717, 1.165) is 5.56 Å². The standard InChI is InChI=1S/C29H32ClFN2O2Si/c1-19(24-20(2)33-28(34)23-18-32-27(30)26(31)25(23)24)16-17-35-36(29(3,4)5,21-12-8-6-9-13-21)22-14-10-7-11-15-22/h6-15,18-19H,16-17H2,1-5H3,(H,33,34). The second kappa shape index (κ2) is 10.3. The van der Waals surface area contributed by atoms with Crippen molar-refractivity contribution in [2.45, 2.75) is 52.0 Å². The van der Waals surface area contributed by atoms with Gasteiger partial charge in [-0.15, -0.1) is 0 Å². The van der Waals surface area contributed by atoms with Gasteiger partial charge in [0.1, 0.15) is 0 Å². The Labute approximate surface area is 217 Å². The molecule has 2 aromatic heterocycles. The Kier molecular flexibility index (Phi) is 7.50. The summed E-state index contributed by atoms with van der Waals surface area (Å²) < 4.78 is 22.1. The lowest BCUT2D eigenvalue weighted by molar-refractivity contribution is 0.283. The van der Waals surface area contributed by atoms with Gasteiger partial charge in [0.25, 0.3) is 13.9 Å². The van der Waals surface area contributed by atoms with Crippen LogP contribution in [0, 0.1) is 12.7 Å². The molecule has 7 heteroatoms. The van der Waals surface area contributed by atoms with E-state index in [-0.39, 0.29) is 32.4 Å². The average molecular weight is 523 g/mol. The quantitative estimate of drug-likeness (QED) is 0.236. The van der Waals surface area contributed by atoms with Crippen LogP contribution in [-0.2, 0) is 4.43 Å². The first kappa shape index (κ1) is 26.3. The lowest BCUT2D eigenvalue weighted by Crippen LogP contribution is -2.66. The average Bonchev–Trinajstić information content (AvgIpc) is 2.84. The van der Waals surface area contributed by atoms with Crippen molar-refractivity contribution < 1.29 is 8.82 Å². The van der Waals surface area contributed by atoms with Gasteiger partial charge in [0.2, 0.25) is 0 Å². The van der Waals surface area contributed by atoms with Gasteiger partial charge in [0, 0.05) is 23.9 Å². The van der Waals surface area contributed by atoms with Crippen molar-refractivity contribution in [2.75, 3.05) is 6.61 Å². The van der Waals surface area contributed by atoms with Crippen LogP contribution in [0.25, 0.3) is 10.8 Å². The Morgan fingerprint density at radius 2 is 1.61 bits per heavy atom. The summed E-state index contributed by atoms with van der Waals surface area (Å²) in [5.74, 6) is -0.742. The second-order valence-electron chi connectivity index (χ2n) is 10.3. The number of rotatable bonds is 7. The highest BCUT2D eigenvalue weighted by Crippen LogP contribution is 2.38. The molecule has 1 unspecified atom stereocenters. The maximum atomic E-state index is 15.1. The number of benzene rings is 2. The summed E-state index contributed by atoms with van der Waals surface area (Å²) in [4.78, 5) is 19.2. The number of halogens is 2. The highest BCUT2D eigenvalue weighted by atomic mass is 35.5. The van der Waals surface area contributed by atoms with E-state index in [1.807, 2.05) is 19.1 Å². The molecule has 188 valence electrons. The minimum absolute atomic E-state index is 0.0875. The SMILES string of the molecule is Cc1[nH]c(=O)c2cnc(Cl)c(F)c2c1C(C)CCO[Si](c1ccccc1)(c1ccccc1)C(C)(C)C. The van der Waals surface area contributed by atoms with Crippen LogP contribution < -0.4 is 15.9 Å². The minimum atomic E-state index is -2.68. The third-order valence-corrected chi connectivity index (χ3v) is 12.3. The Bertz CT molecular complexity index is 1380. The Morgan fingerprint density at radius 1 is 1.06 bits per heavy atom. The number of nitrogens with one attached hydrogen (secondary N) is 1. The summed E-state index contributed by atoms with van der Waals surface area (Å²) in [6, 6.07) is 21.0. The van der Waals surface area contributed by atoms with Crippen molar-refractivity contribution in [3.63, 3.8) is 0 Å². The van der Waals surface area contributed by atoms with Crippen LogP contribution in [0.15, 0.2) is 71.7 Å². The first-order valence-corrected chi connectivity index (χ1v) is 14.5. The van der Waals surface area contributed by atoms with Gasteiger partial charge in [0.05, 0.1) is 5.39 Å². The molecule has 2 aromatic carbocycles. The van der Waals surface area contributed by atoms with Gasteiger partial charge in [-0.25, -0.2) is 9.37 Å². The summed E-state index contributed by atoms with van der Waals surface area (Å²) in [5, 5.41) is 2.51. The number of H-pyrrole nitrogens is 1. The van der Waals surface area contributed by atoms with Gasteiger partial charge >= 0.3 is 0 Å². The predicted octanol–water partition coefficient (Wildman–Crippen LogP) is 6.09. The van der Waals surface area contributed by atoms with Crippen LogP contribution in [0.1, 0.15) is 51.3 Å². The molecule has 0 spiro atoms. The Morgan fingerprint density at radius 3 is 2.14 bits per heavy atom. The van der Waals surface area contributed by atoms with Crippen molar-refractivity contribution in [1.82, 2.24) is 9.97 Å². The molecule has 0 bridgehead atoms. The highest BCUT2D eigenvalue weighted by molar-refractivity contribution is 6.99. The summed E-state index contributed by atoms with van der Waals surface area (Å²) >= 11 is 6.00. The monoisotopic (exact) mass is 522 g/mol. The van der Waals surface area contributed by atoms with E-state index in [1.54, 1.807) is 6.92 Å². The van der Waals surface area contributed by atoms with Gasteiger partial charge in [-0.1, -0.05) is 100.0 Å². The van der Waals surface area contributed by atoms with Crippen LogP contribution in [-0.4, -0.2) is 24.9 Å². The van der Waals surface area contributed by atoms with Crippen LogP contribution >= 0.6 is 11.6 Å². The number of aromatic amines is 1. The minimum Gasteiger partial charge on any atom is -0.407 e. The van der Waals surface area contributed by atoms with Crippen molar-refractivity contribution in [2.24, 2.45) is 0 Å². The van der Waals surface area contributed by atoms with E-state index < -0.39 is 14.1 Å². The number of aromatic nitrogens is 2. The zero-order valence-electron chi connectivity index (χ0n) is 21.4. The van der Waals surface area contributed by atoms with Gasteiger partial charge in [-0.05, 0) is 40.2 Å². The second-order valence-corrected chi connectivity index (χ2v) is 15.0. The largest absolute Gasteiger partial charge is 0.407 e. The van der Waals surface area contributed by atoms with Gasteiger partial charge in [0.15, 0.2) is 11.0 Å². The maximum Gasteiger partial charge on any atom is 0.261 e. The van der Waals surface area contributed by atoms with Gasteiger partial charge in [-0.2, -0.15) is 0 Å². The fourth-order valence-electron chi connectivity index (χ4n) is 5.30. The molecular formula is C29H32ClFN2O2Si. The summed E-state index contributed by atoms with van der Waals surface area (Å²) in [6.45, 7) is 11.0. The topological polar surface area (TPSA) is 55.0 Å². The lowest BCUT2D eigenvalue weighted by Gasteiger charge is -2.43. The smallest absolute Gasteiger partial charge is 0.261 e. The lowest BCUT2D eigenvalue weighted by atomic mass is 9.92. The van der Waals surface area contributed by atoms with Crippen LogP contribution in [0.3, 0.4) is 0 Å². The molecule has 1 N–H and O–H groups in total. The summed E-state index contributed by atoms with van der Waals surface area (Å²) in [6.07, 6.45) is 1.99. The van der Waals surface area contributed by atoms with E-state index in [9.17, 15) is 4.79 Å². The molecule has 4 nitrogen and oxygen atoms in total. The highest BCUT2D eigenvalue weighted by Gasteiger charge is 2.50. The number of hydrogen-bond acceptors (Lipinski definition) is 3. The van der Waals surface area contributed by atoms with Crippen molar-refractivity contribution in [3.05, 3.63) is 99.4 Å². The van der Waals surface area contributed by atoms with Gasteiger partial charge < -0.3 is 9.41 Å². The molecule has 0 radical (unpaired) electrons. The van der Waals surface area contributed by atoms with E-state index in [1.165, 1.54) is 16.6 Å². The van der Waals surface area contributed by atoms with Gasteiger partial charge in [-0.3, -0.25) is 4.79 Å². The molecule has 0 amide bonds. The molecule has 0 fully saturated rings. The fourth-order valence-corrected chi connectivity index (χ4v) is 10.0. The third-order valence-electron chi connectivity index (χ3n) is 6.97. The van der Waals surface area contributed by atoms with E-state index in [4.69, 9.17) is 16.0 Å². The predicted molar refractivity (Wildman–Crippen MR) is 149 cm³/mol. The number of aryl methyl sites for hydroxylation is 1. The molecule has 0 saturated carbocycles. The molecule has 0 aliphatic heterocycles. The zero-order chi connectivity index (χ0) is 26.1. The molecule has 2 heterocycles. The number of hydrogen-bond donors (Lipinski definition) is 1.